The van der Waals surface area contributed by atoms with Crippen LogP contribution in [0.5, 0.6) is 0 Å². The minimum Gasteiger partial charge on any atom is -0.340 e. The van der Waals surface area contributed by atoms with Gasteiger partial charge in [0.1, 0.15) is 0 Å². The highest BCUT2D eigenvalue weighted by Crippen LogP contribution is 2.23. The number of H-pyrrole nitrogens is 1. The van der Waals surface area contributed by atoms with Gasteiger partial charge < -0.3 is 14.7 Å². The summed E-state index contributed by atoms with van der Waals surface area (Å²) in [6.07, 6.45) is 6.80. The molecule has 0 radical (unpaired) electrons. The Hall–Kier alpha value is -1.89. The molecular formula is C17H27N5O2. The summed E-state index contributed by atoms with van der Waals surface area (Å²) in [7, 11) is 2.09. The normalized spacial score (nSPS) is 22.6. The highest BCUT2D eigenvalue weighted by atomic mass is 16.2. The molecule has 2 amide bonds. The molecule has 7 heteroatoms. The molecular weight excluding hydrogens is 306 g/mol. The first-order chi connectivity index (χ1) is 11.6. The Morgan fingerprint density at radius 3 is 2.71 bits per heavy atom. The van der Waals surface area contributed by atoms with Crippen LogP contribution in [0.25, 0.3) is 0 Å². The second-order valence-corrected chi connectivity index (χ2v) is 6.97. The Bertz CT molecular complexity index is 551. The molecule has 1 N–H and O–H groups in total. The van der Waals surface area contributed by atoms with E-state index in [4.69, 9.17) is 0 Å². The van der Waals surface area contributed by atoms with Gasteiger partial charge in [0, 0.05) is 51.9 Å². The van der Waals surface area contributed by atoms with Crippen molar-refractivity contribution in [1.29, 1.82) is 0 Å². The van der Waals surface area contributed by atoms with E-state index in [-0.39, 0.29) is 11.8 Å². The lowest BCUT2D eigenvalue weighted by Gasteiger charge is -2.34. The number of rotatable bonds is 4. The van der Waals surface area contributed by atoms with Crippen LogP contribution in [-0.2, 0) is 4.79 Å². The van der Waals surface area contributed by atoms with Gasteiger partial charge in [-0.15, -0.1) is 0 Å². The first-order valence-corrected chi connectivity index (χ1v) is 8.88. The number of hydrogen-bond donors (Lipinski definition) is 1. The second-order valence-electron chi connectivity index (χ2n) is 6.97. The fourth-order valence-corrected chi connectivity index (χ4v) is 3.58. The number of piperidine rings is 1. The first kappa shape index (κ1) is 17.0. The van der Waals surface area contributed by atoms with Crippen molar-refractivity contribution in [2.75, 3.05) is 46.3 Å². The molecule has 1 aromatic heterocycles. The molecule has 24 heavy (non-hydrogen) atoms. The molecule has 0 spiro atoms. The van der Waals surface area contributed by atoms with Crippen LogP contribution in [0.4, 0.5) is 0 Å². The number of carbonyl (C=O) groups is 2. The molecule has 7 nitrogen and oxygen atoms in total. The monoisotopic (exact) mass is 333 g/mol. The zero-order valence-electron chi connectivity index (χ0n) is 14.4. The van der Waals surface area contributed by atoms with E-state index >= 15 is 0 Å². The van der Waals surface area contributed by atoms with Gasteiger partial charge in [-0.3, -0.25) is 14.7 Å². The minimum atomic E-state index is 0.0406. The van der Waals surface area contributed by atoms with Crippen molar-refractivity contribution in [3.63, 3.8) is 0 Å². The van der Waals surface area contributed by atoms with E-state index in [2.05, 4.69) is 22.1 Å². The van der Waals surface area contributed by atoms with Gasteiger partial charge in [-0.25, -0.2) is 0 Å². The number of piperazine rings is 1. The van der Waals surface area contributed by atoms with Crippen LogP contribution in [0.1, 0.15) is 36.0 Å². The van der Waals surface area contributed by atoms with E-state index in [1.54, 1.807) is 12.4 Å². The molecule has 1 atom stereocenters. The third-order valence-corrected chi connectivity index (χ3v) is 5.17. The van der Waals surface area contributed by atoms with Gasteiger partial charge in [0.05, 0.1) is 11.8 Å². The minimum absolute atomic E-state index is 0.0406. The number of carbonyl (C=O) groups excluding carboxylic acids is 2. The highest BCUT2D eigenvalue weighted by molar-refractivity contribution is 5.93. The molecule has 0 aliphatic carbocycles. The van der Waals surface area contributed by atoms with Crippen LogP contribution in [0, 0.1) is 5.92 Å². The van der Waals surface area contributed by atoms with Crippen molar-refractivity contribution < 1.29 is 9.59 Å². The summed E-state index contributed by atoms with van der Waals surface area (Å²) in [5, 5.41) is 6.54. The summed E-state index contributed by atoms with van der Waals surface area (Å²) in [4.78, 5) is 30.9. The fourth-order valence-electron chi connectivity index (χ4n) is 3.58. The summed E-state index contributed by atoms with van der Waals surface area (Å²) in [6.45, 7) is 5.15. The van der Waals surface area contributed by atoms with Gasteiger partial charge in [0.2, 0.25) is 5.91 Å². The number of amides is 2. The van der Waals surface area contributed by atoms with E-state index in [1.807, 2.05) is 9.80 Å². The van der Waals surface area contributed by atoms with Crippen LogP contribution in [0.2, 0.25) is 0 Å². The van der Waals surface area contributed by atoms with Crippen LogP contribution >= 0.6 is 0 Å². The van der Waals surface area contributed by atoms with E-state index < -0.39 is 0 Å². The maximum Gasteiger partial charge on any atom is 0.257 e. The predicted octanol–water partition coefficient (Wildman–Crippen LogP) is 0.816. The number of nitrogens with zero attached hydrogens (tertiary/aromatic N) is 4. The standard InChI is InChI=1S/C17H27N5O2/c1-20-7-9-21(10-8-20)16(23)5-4-14-3-2-6-22(13-14)17(24)15-11-18-19-12-15/h11-12,14H,2-10,13H2,1H3,(H,18,19). The third kappa shape index (κ3) is 4.14. The molecule has 3 heterocycles. The molecule has 2 fully saturated rings. The topological polar surface area (TPSA) is 72.5 Å². The van der Waals surface area contributed by atoms with Gasteiger partial charge in [-0.05, 0) is 32.2 Å². The molecule has 2 saturated heterocycles. The average molecular weight is 333 g/mol. The van der Waals surface area contributed by atoms with Crippen molar-refractivity contribution in [3.05, 3.63) is 18.0 Å². The van der Waals surface area contributed by atoms with Crippen molar-refractivity contribution in [2.45, 2.75) is 25.7 Å². The number of likely N-dealkylation sites (tertiary alicyclic amines) is 1. The van der Waals surface area contributed by atoms with Crippen LogP contribution < -0.4 is 0 Å². The molecule has 3 rings (SSSR count). The van der Waals surface area contributed by atoms with Crippen LogP contribution in [0.15, 0.2) is 12.4 Å². The van der Waals surface area contributed by atoms with Crippen LogP contribution in [-0.4, -0.2) is 83.0 Å². The first-order valence-electron chi connectivity index (χ1n) is 8.88. The summed E-state index contributed by atoms with van der Waals surface area (Å²) in [5.41, 5.74) is 0.615. The Labute approximate surface area is 143 Å². The van der Waals surface area contributed by atoms with Crippen molar-refractivity contribution in [3.8, 4) is 0 Å². The van der Waals surface area contributed by atoms with Gasteiger partial charge in [0.15, 0.2) is 0 Å². The maximum atomic E-state index is 12.4. The molecule has 0 aromatic carbocycles. The van der Waals surface area contributed by atoms with Crippen molar-refractivity contribution in [2.24, 2.45) is 5.92 Å². The Morgan fingerprint density at radius 1 is 1.21 bits per heavy atom. The second kappa shape index (κ2) is 7.79. The number of aromatic amines is 1. The fraction of sp³-hybridized carbons (Fsp3) is 0.706. The Morgan fingerprint density at radius 2 is 2.00 bits per heavy atom. The molecule has 132 valence electrons. The molecule has 1 unspecified atom stereocenters. The quantitative estimate of drug-likeness (QED) is 0.885. The van der Waals surface area contributed by atoms with Crippen molar-refractivity contribution in [1.82, 2.24) is 24.9 Å². The smallest absolute Gasteiger partial charge is 0.257 e. The van der Waals surface area contributed by atoms with Crippen molar-refractivity contribution >= 4 is 11.8 Å². The molecule has 0 bridgehead atoms. The zero-order valence-corrected chi connectivity index (χ0v) is 14.4. The lowest BCUT2D eigenvalue weighted by atomic mass is 9.92. The number of nitrogens with one attached hydrogen (secondary N) is 1. The summed E-state index contributed by atoms with van der Waals surface area (Å²) < 4.78 is 0. The SMILES string of the molecule is CN1CCN(C(=O)CCC2CCCN(C(=O)c3cn[nH]c3)C2)CC1. The molecule has 2 aliphatic rings. The van der Waals surface area contributed by atoms with Crippen LogP contribution in [0.3, 0.4) is 0 Å². The zero-order chi connectivity index (χ0) is 16.9. The number of likely N-dealkylation sites (N-methyl/N-ethyl adjacent to an activating group) is 1. The van der Waals surface area contributed by atoms with Gasteiger partial charge in [0.25, 0.3) is 5.91 Å². The highest BCUT2D eigenvalue weighted by Gasteiger charge is 2.26. The van der Waals surface area contributed by atoms with E-state index in [0.29, 0.717) is 17.9 Å². The Balaban J connectivity index is 1.45. The van der Waals surface area contributed by atoms with Gasteiger partial charge in [-0.2, -0.15) is 5.10 Å². The van der Waals surface area contributed by atoms with E-state index in [1.165, 1.54) is 0 Å². The summed E-state index contributed by atoms with van der Waals surface area (Å²) in [5.74, 6) is 0.728. The average Bonchev–Trinajstić information content (AvgIpc) is 3.14. The number of hydrogen-bond acceptors (Lipinski definition) is 4. The lowest BCUT2D eigenvalue weighted by Crippen LogP contribution is -2.47. The Kier molecular flexibility index (Phi) is 5.50. The number of aromatic nitrogens is 2. The van der Waals surface area contributed by atoms with Gasteiger partial charge >= 0.3 is 0 Å². The lowest BCUT2D eigenvalue weighted by molar-refractivity contribution is -0.133. The molecule has 0 saturated carbocycles. The van der Waals surface area contributed by atoms with Gasteiger partial charge in [-0.1, -0.05) is 0 Å². The summed E-state index contributed by atoms with van der Waals surface area (Å²) in [6, 6.07) is 0. The molecule has 1 aromatic rings. The maximum absolute atomic E-state index is 12.4. The predicted molar refractivity (Wildman–Crippen MR) is 90.5 cm³/mol. The third-order valence-electron chi connectivity index (χ3n) is 5.17. The summed E-state index contributed by atoms with van der Waals surface area (Å²) >= 11 is 0. The molecule has 2 aliphatic heterocycles. The van der Waals surface area contributed by atoms with E-state index in [9.17, 15) is 9.59 Å². The largest absolute Gasteiger partial charge is 0.340 e. The van der Waals surface area contributed by atoms with E-state index in [0.717, 1.165) is 58.5 Å².